The minimum atomic E-state index is -0.771. The molecule has 6 N–H and O–H groups in total. The van der Waals surface area contributed by atoms with Crippen LogP contribution in [0.3, 0.4) is 0 Å². The van der Waals surface area contributed by atoms with Gasteiger partial charge < -0.3 is 27.0 Å². The highest BCUT2D eigenvalue weighted by Crippen LogP contribution is 2.36. The molecule has 2 atom stereocenters. The van der Waals surface area contributed by atoms with Gasteiger partial charge in [-0.15, -0.1) is 0 Å². The van der Waals surface area contributed by atoms with Crippen molar-refractivity contribution in [1.29, 1.82) is 0 Å². The lowest BCUT2D eigenvalue weighted by Gasteiger charge is -2.23. The Balaban J connectivity index is 1.72. The number of anilines is 4. The van der Waals surface area contributed by atoms with E-state index >= 15 is 0 Å². The van der Waals surface area contributed by atoms with Crippen molar-refractivity contribution in [1.82, 2.24) is 14.8 Å². The van der Waals surface area contributed by atoms with E-state index in [1.165, 1.54) is 0 Å². The number of nitrogens with one attached hydrogen (secondary N) is 2. The number of hydrogen-bond donors (Lipinski definition) is 4. The standard InChI is InChI=1S/C22H29FN8O/c1-11(24)18(12-5-6-12)27-21-16(23)10-15(19(25)32)20(28-21)26-13-7-8-17-14(9-13)22(30(2)3)29-31(17)4/h7-12,18H,5-6,24H2,1-4H3,(H2,25,32)(H2,26,27,28)/t11-,18-/m0/s1. The summed E-state index contributed by atoms with van der Waals surface area (Å²) in [5, 5.41) is 11.7. The number of hydrogen-bond acceptors (Lipinski definition) is 7. The van der Waals surface area contributed by atoms with Crippen molar-refractivity contribution in [2.45, 2.75) is 31.8 Å². The minimum absolute atomic E-state index is 0.0315. The SMILES string of the molecule is C[C@H](N)[C@H](Nc1nc(Nc2ccc3c(c2)c(N(C)C)nn3C)c(C(N)=O)cc1F)C1CC1. The van der Waals surface area contributed by atoms with E-state index in [-0.39, 0.29) is 29.3 Å². The third-order valence-electron chi connectivity index (χ3n) is 5.76. The Labute approximate surface area is 186 Å². The first-order chi connectivity index (χ1) is 15.2. The zero-order valence-electron chi connectivity index (χ0n) is 18.7. The average Bonchev–Trinajstić information content (AvgIpc) is 3.50. The van der Waals surface area contributed by atoms with Gasteiger partial charge in [0, 0.05) is 44.3 Å². The van der Waals surface area contributed by atoms with Gasteiger partial charge >= 0.3 is 0 Å². The topological polar surface area (TPSA) is 127 Å². The second kappa shape index (κ2) is 8.27. The molecule has 3 aromatic rings. The number of nitrogens with two attached hydrogens (primary N) is 2. The molecule has 0 radical (unpaired) electrons. The smallest absolute Gasteiger partial charge is 0.252 e. The predicted molar refractivity (Wildman–Crippen MR) is 125 cm³/mol. The number of halogens is 1. The largest absolute Gasteiger partial charge is 0.365 e. The van der Waals surface area contributed by atoms with Gasteiger partial charge in [-0.2, -0.15) is 5.10 Å². The second-order valence-corrected chi connectivity index (χ2v) is 8.64. The van der Waals surface area contributed by atoms with Crippen molar-refractivity contribution in [3.8, 4) is 0 Å². The molecule has 0 bridgehead atoms. The number of aromatic nitrogens is 3. The molecule has 9 nitrogen and oxygen atoms in total. The number of amides is 1. The van der Waals surface area contributed by atoms with Crippen LogP contribution in [0, 0.1) is 11.7 Å². The number of aryl methyl sites for hydroxylation is 1. The van der Waals surface area contributed by atoms with Crippen LogP contribution < -0.4 is 27.0 Å². The van der Waals surface area contributed by atoms with Gasteiger partial charge in [0.1, 0.15) is 5.82 Å². The predicted octanol–water partition coefficient (Wildman–Crippen LogP) is 2.55. The Bertz CT molecular complexity index is 1170. The van der Waals surface area contributed by atoms with Crippen molar-refractivity contribution in [3.63, 3.8) is 0 Å². The zero-order chi connectivity index (χ0) is 23.2. The first-order valence-electron chi connectivity index (χ1n) is 10.6. The highest BCUT2D eigenvalue weighted by Gasteiger charge is 2.34. The van der Waals surface area contributed by atoms with Gasteiger partial charge in [-0.05, 0) is 49.9 Å². The van der Waals surface area contributed by atoms with Crippen LogP contribution >= 0.6 is 0 Å². The fraction of sp³-hybridized carbons (Fsp3) is 0.409. The molecular formula is C22H29FN8O. The monoisotopic (exact) mass is 440 g/mol. The molecule has 1 aliphatic rings. The molecule has 4 rings (SSSR count). The molecule has 2 heterocycles. The highest BCUT2D eigenvalue weighted by molar-refractivity contribution is 5.99. The molecule has 1 aromatic carbocycles. The summed E-state index contributed by atoms with van der Waals surface area (Å²) >= 11 is 0. The van der Waals surface area contributed by atoms with E-state index in [4.69, 9.17) is 11.5 Å². The zero-order valence-corrected chi connectivity index (χ0v) is 18.7. The van der Waals surface area contributed by atoms with E-state index in [0.29, 0.717) is 11.6 Å². The van der Waals surface area contributed by atoms with E-state index < -0.39 is 11.7 Å². The van der Waals surface area contributed by atoms with Crippen molar-refractivity contribution < 1.29 is 9.18 Å². The van der Waals surface area contributed by atoms with E-state index in [9.17, 15) is 9.18 Å². The maximum absolute atomic E-state index is 14.8. The van der Waals surface area contributed by atoms with Gasteiger partial charge in [0.15, 0.2) is 17.5 Å². The first-order valence-corrected chi connectivity index (χ1v) is 10.6. The molecule has 170 valence electrons. The molecule has 1 fully saturated rings. The van der Waals surface area contributed by atoms with Crippen molar-refractivity contribution in [2.24, 2.45) is 24.4 Å². The summed E-state index contributed by atoms with van der Waals surface area (Å²) in [5.74, 6) is 0.000233. The molecule has 0 unspecified atom stereocenters. The fourth-order valence-electron chi connectivity index (χ4n) is 3.96. The molecule has 10 heteroatoms. The Morgan fingerprint density at radius 2 is 2.00 bits per heavy atom. The number of carbonyl (C=O) groups excluding carboxylic acids is 1. The minimum Gasteiger partial charge on any atom is -0.365 e. The summed E-state index contributed by atoms with van der Waals surface area (Å²) in [7, 11) is 5.71. The lowest BCUT2D eigenvalue weighted by molar-refractivity contribution is 0.100. The lowest BCUT2D eigenvalue weighted by Crippen LogP contribution is -2.40. The molecule has 0 aliphatic heterocycles. The van der Waals surface area contributed by atoms with Gasteiger partial charge in [-0.1, -0.05) is 0 Å². The van der Waals surface area contributed by atoms with Crippen LogP contribution in [0.5, 0.6) is 0 Å². The Morgan fingerprint density at radius 3 is 2.59 bits per heavy atom. The Kier molecular flexibility index (Phi) is 5.64. The van der Waals surface area contributed by atoms with E-state index in [0.717, 1.165) is 35.6 Å². The second-order valence-electron chi connectivity index (χ2n) is 8.64. The maximum Gasteiger partial charge on any atom is 0.252 e. The molecule has 0 saturated heterocycles. The van der Waals surface area contributed by atoms with Crippen molar-refractivity contribution in [3.05, 3.63) is 35.6 Å². The molecular weight excluding hydrogens is 411 g/mol. The van der Waals surface area contributed by atoms with Crippen LogP contribution in [0.2, 0.25) is 0 Å². The summed E-state index contributed by atoms with van der Waals surface area (Å²) in [6.45, 7) is 1.89. The summed E-state index contributed by atoms with van der Waals surface area (Å²) < 4.78 is 16.6. The number of pyridine rings is 1. The average molecular weight is 441 g/mol. The number of nitrogens with zero attached hydrogens (tertiary/aromatic N) is 4. The summed E-state index contributed by atoms with van der Waals surface area (Å²) in [4.78, 5) is 18.3. The number of benzene rings is 1. The Hall–Kier alpha value is -3.40. The van der Waals surface area contributed by atoms with Crippen LogP contribution in [0.25, 0.3) is 10.9 Å². The molecule has 1 aliphatic carbocycles. The van der Waals surface area contributed by atoms with Gasteiger partial charge in [-0.3, -0.25) is 9.48 Å². The van der Waals surface area contributed by atoms with E-state index in [2.05, 4.69) is 20.7 Å². The summed E-state index contributed by atoms with van der Waals surface area (Å²) in [5.41, 5.74) is 13.2. The van der Waals surface area contributed by atoms with E-state index in [1.807, 2.05) is 51.2 Å². The van der Waals surface area contributed by atoms with Crippen molar-refractivity contribution >= 4 is 40.0 Å². The normalized spacial score (nSPS) is 15.4. The molecule has 2 aromatic heterocycles. The third-order valence-corrected chi connectivity index (χ3v) is 5.76. The molecule has 1 amide bonds. The number of carbonyl (C=O) groups is 1. The quantitative estimate of drug-likeness (QED) is 0.424. The van der Waals surface area contributed by atoms with Gasteiger partial charge in [0.05, 0.1) is 11.1 Å². The van der Waals surface area contributed by atoms with Crippen LogP contribution in [-0.4, -0.2) is 46.9 Å². The lowest BCUT2D eigenvalue weighted by atomic mass is 10.1. The first kappa shape index (κ1) is 21.8. The molecule has 32 heavy (non-hydrogen) atoms. The summed E-state index contributed by atoms with van der Waals surface area (Å²) in [6, 6.07) is 6.52. The van der Waals surface area contributed by atoms with Crippen LogP contribution in [0.15, 0.2) is 24.3 Å². The highest BCUT2D eigenvalue weighted by atomic mass is 19.1. The van der Waals surface area contributed by atoms with Crippen LogP contribution in [0.4, 0.5) is 27.5 Å². The summed E-state index contributed by atoms with van der Waals surface area (Å²) in [6.07, 6.45) is 2.09. The van der Waals surface area contributed by atoms with Crippen molar-refractivity contribution in [2.75, 3.05) is 29.6 Å². The van der Waals surface area contributed by atoms with Gasteiger partial charge in [-0.25, -0.2) is 9.37 Å². The fourth-order valence-corrected chi connectivity index (χ4v) is 3.96. The number of primary amides is 1. The maximum atomic E-state index is 14.8. The third kappa shape index (κ3) is 4.18. The van der Waals surface area contributed by atoms with Gasteiger partial charge in [0.25, 0.3) is 5.91 Å². The number of rotatable bonds is 8. The molecule has 0 spiro atoms. The van der Waals surface area contributed by atoms with Crippen LogP contribution in [0.1, 0.15) is 30.1 Å². The molecule has 1 saturated carbocycles. The van der Waals surface area contributed by atoms with Gasteiger partial charge in [0.2, 0.25) is 0 Å². The van der Waals surface area contributed by atoms with Crippen LogP contribution in [-0.2, 0) is 7.05 Å². The van der Waals surface area contributed by atoms with E-state index in [1.54, 1.807) is 4.68 Å². The number of fused-ring (bicyclic) bond motifs is 1. The Morgan fingerprint density at radius 1 is 1.28 bits per heavy atom.